The van der Waals surface area contributed by atoms with Crippen LogP contribution < -0.4 is 10.2 Å². The van der Waals surface area contributed by atoms with Gasteiger partial charge < -0.3 is 10.2 Å². The molecule has 0 aromatic carbocycles. The van der Waals surface area contributed by atoms with Crippen LogP contribution in [0.25, 0.3) is 0 Å². The fourth-order valence-electron chi connectivity index (χ4n) is 3.29. The van der Waals surface area contributed by atoms with Crippen molar-refractivity contribution < 1.29 is 0 Å². The van der Waals surface area contributed by atoms with E-state index in [4.69, 9.17) is 0 Å². The van der Waals surface area contributed by atoms with Crippen molar-refractivity contribution in [3.8, 4) is 0 Å². The Balaban J connectivity index is 2.29. The first-order valence-electron chi connectivity index (χ1n) is 8.54. The summed E-state index contributed by atoms with van der Waals surface area (Å²) in [4.78, 5) is 7.18. The average Bonchev–Trinajstić information content (AvgIpc) is 2.97. The van der Waals surface area contributed by atoms with Gasteiger partial charge in [-0.2, -0.15) is 0 Å². The summed E-state index contributed by atoms with van der Waals surface area (Å²) in [6.45, 7) is 12.0. The third kappa shape index (κ3) is 4.44. The minimum Gasteiger partial charge on any atom is -0.368 e. The molecule has 0 unspecified atom stereocenters. The molecule has 1 aromatic rings. The van der Waals surface area contributed by atoms with E-state index in [1.165, 1.54) is 36.9 Å². The van der Waals surface area contributed by atoms with E-state index in [9.17, 15) is 0 Å². The normalized spacial score (nSPS) is 15.9. The predicted molar refractivity (Wildman–Crippen MR) is 90.8 cm³/mol. The zero-order valence-electron chi connectivity index (χ0n) is 14.2. The van der Waals surface area contributed by atoms with E-state index in [0.29, 0.717) is 5.92 Å². The standard InChI is InChI=1S/C18H31N3/c1-5-19-11-16-12-20-15(4)10-18(16)21(13-14(2)3)17-8-6-7-9-17/h10,12,14,17,19H,5-9,11,13H2,1-4H3. The first kappa shape index (κ1) is 16.3. The van der Waals surface area contributed by atoms with Gasteiger partial charge in [0.1, 0.15) is 0 Å². The summed E-state index contributed by atoms with van der Waals surface area (Å²) in [7, 11) is 0. The summed E-state index contributed by atoms with van der Waals surface area (Å²) in [5.41, 5.74) is 3.87. The maximum Gasteiger partial charge on any atom is 0.0448 e. The van der Waals surface area contributed by atoms with Crippen LogP contribution in [0, 0.1) is 12.8 Å². The second-order valence-electron chi connectivity index (χ2n) is 6.72. The first-order chi connectivity index (χ1) is 10.1. The minimum atomic E-state index is 0.686. The summed E-state index contributed by atoms with van der Waals surface area (Å²) in [5, 5.41) is 3.46. The number of rotatable bonds is 7. The van der Waals surface area contributed by atoms with E-state index >= 15 is 0 Å². The third-order valence-electron chi connectivity index (χ3n) is 4.30. The van der Waals surface area contributed by atoms with Crippen LogP contribution in [-0.2, 0) is 6.54 Å². The molecule has 1 N–H and O–H groups in total. The molecule has 0 radical (unpaired) electrons. The van der Waals surface area contributed by atoms with E-state index in [2.05, 4.69) is 55.2 Å². The van der Waals surface area contributed by atoms with Gasteiger partial charge in [-0.05, 0) is 38.3 Å². The largest absolute Gasteiger partial charge is 0.368 e. The van der Waals surface area contributed by atoms with Gasteiger partial charge in [0, 0.05) is 42.3 Å². The number of aryl methyl sites for hydroxylation is 1. The molecule has 0 saturated heterocycles. The fraction of sp³-hybridized carbons (Fsp3) is 0.722. The summed E-state index contributed by atoms with van der Waals surface area (Å²) >= 11 is 0. The number of hydrogen-bond donors (Lipinski definition) is 1. The molecule has 0 atom stereocenters. The Bertz CT molecular complexity index is 436. The molecule has 1 aliphatic rings. The maximum atomic E-state index is 4.51. The van der Waals surface area contributed by atoms with Crippen LogP contribution in [0.4, 0.5) is 5.69 Å². The van der Waals surface area contributed by atoms with Gasteiger partial charge in [0.25, 0.3) is 0 Å². The summed E-state index contributed by atoms with van der Waals surface area (Å²) in [6.07, 6.45) is 7.51. The molecule has 118 valence electrons. The van der Waals surface area contributed by atoms with Crippen molar-refractivity contribution in [2.45, 2.75) is 66.0 Å². The highest BCUT2D eigenvalue weighted by molar-refractivity contribution is 5.54. The van der Waals surface area contributed by atoms with Gasteiger partial charge in [0.05, 0.1) is 0 Å². The van der Waals surface area contributed by atoms with Crippen molar-refractivity contribution in [2.75, 3.05) is 18.0 Å². The van der Waals surface area contributed by atoms with Gasteiger partial charge >= 0.3 is 0 Å². The molecule has 1 heterocycles. The van der Waals surface area contributed by atoms with E-state index in [1.807, 2.05) is 0 Å². The van der Waals surface area contributed by atoms with Crippen LogP contribution in [-0.4, -0.2) is 24.1 Å². The summed E-state index contributed by atoms with van der Waals surface area (Å²) < 4.78 is 0. The minimum absolute atomic E-state index is 0.686. The first-order valence-corrected chi connectivity index (χ1v) is 8.54. The number of pyridine rings is 1. The lowest BCUT2D eigenvalue weighted by Crippen LogP contribution is -2.37. The second kappa shape index (κ2) is 7.79. The lowest BCUT2D eigenvalue weighted by molar-refractivity contribution is 0.533. The molecule has 0 spiro atoms. The number of anilines is 1. The molecule has 0 bridgehead atoms. The lowest BCUT2D eigenvalue weighted by Gasteiger charge is -2.34. The Labute approximate surface area is 130 Å². The van der Waals surface area contributed by atoms with Crippen LogP contribution in [0.15, 0.2) is 12.3 Å². The van der Waals surface area contributed by atoms with Gasteiger partial charge in [-0.1, -0.05) is 33.6 Å². The molecule has 0 aliphatic heterocycles. The predicted octanol–water partition coefficient (Wildman–Crippen LogP) is 3.90. The van der Waals surface area contributed by atoms with Crippen molar-refractivity contribution in [3.63, 3.8) is 0 Å². The second-order valence-corrected chi connectivity index (χ2v) is 6.72. The molecule has 1 aliphatic carbocycles. The smallest absolute Gasteiger partial charge is 0.0448 e. The van der Waals surface area contributed by atoms with Crippen LogP contribution in [0.2, 0.25) is 0 Å². The molecule has 21 heavy (non-hydrogen) atoms. The van der Waals surface area contributed by atoms with Crippen LogP contribution in [0.3, 0.4) is 0 Å². The number of hydrogen-bond acceptors (Lipinski definition) is 3. The zero-order chi connectivity index (χ0) is 15.2. The summed E-state index contributed by atoms with van der Waals surface area (Å²) in [5.74, 6) is 0.686. The average molecular weight is 289 g/mol. The Morgan fingerprint density at radius 3 is 2.67 bits per heavy atom. The molecule has 3 nitrogen and oxygen atoms in total. The highest BCUT2D eigenvalue weighted by atomic mass is 15.2. The molecule has 1 aromatic heterocycles. The van der Waals surface area contributed by atoms with E-state index in [-0.39, 0.29) is 0 Å². The Kier molecular flexibility index (Phi) is 6.04. The van der Waals surface area contributed by atoms with Crippen molar-refractivity contribution >= 4 is 5.69 Å². The molecule has 2 rings (SSSR count). The topological polar surface area (TPSA) is 28.2 Å². The van der Waals surface area contributed by atoms with Crippen molar-refractivity contribution in [1.82, 2.24) is 10.3 Å². The molecule has 1 fully saturated rings. The molecular formula is C18H31N3. The highest BCUT2D eigenvalue weighted by Gasteiger charge is 2.25. The number of nitrogens with zero attached hydrogens (tertiary/aromatic N) is 2. The maximum absolute atomic E-state index is 4.51. The van der Waals surface area contributed by atoms with E-state index in [1.54, 1.807) is 0 Å². The van der Waals surface area contributed by atoms with Crippen molar-refractivity contribution in [1.29, 1.82) is 0 Å². The van der Waals surface area contributed by atoms with Crippen LogP contribution in [0.5, 0.6) is 0 Å². The highest BCUT2D eigenvalue weighted by Crippen LogP contribution is 2.31. The summed E-state index contributed by atoms with van der Waals surface area (Å²) in [6, 6.07) is 3.00. The van der Waals surface area contributed by atoms with E-state index < -0.39 is 0 Å². The Morgan fingerprint density at radius 2 is 2.05 bits per heavy atom. The van der Waals surface area contributed by atoms with Crippen molar-refractivity contribution in [3.05, 3.63) is 23.5 Å². The quantitative estimate of drug-likeness (QED) is 0.825. The van der Waals surface area contributed by atoms with Crippen LogP contribution in [0.1, 0.15) is 57.7 Å². The molecule has 0 amide bonds. The van der Waals surface area contributed by atoms with E-state index in [0.717, 1.165) is 31.4 Å². The number of aromatic nitrogens is 1. The molecular weight excluding hydrogens is 258 g/mol. The van der Waals surface area contributed by atoms with Gasteiger partial charge in [-0.25, -0.2) is 0 Å². The van der Waals surface area contributed by atoms with Crippen LogP contribution >= 0.6 is 0 Å². The van der Waals surface area contributed by atoms with Crippen molar-refractivity contribution in [2.24, 2.45) is 5.92 Å². The Morgan fingerprint density at radius 1 is 1.33 bits per heavy atom. The van der Waals surface area contributed by atoms with Gasteiger partial charge in [0.15, 0.2) is 0 Å². The van der Waals surface area contributed by atoms with Gasteiger partial charge in [-0.3, -0.25) is 4.98 Å². The SMILES string of the molecule is CCNCc1cnc(C)cc1N(CC(C)C)C1CCCC1. The lowest BCUT2D eigenvalue weighted by atomic mass is 10.1. The van der Waals surface area contributed by atoms with Gasteiger partial charge in [0.2, 0.25) is 0 Å². The zero-order valence-corrected chi connectivity index (χ0v) is 14.2. The van der Waals surface area contributed by atoms with Gasteiger partial charge in [-0.15, -0.1) is 0 Å². The fourth-order valence-corrected chi connectivity index (χ4v) is 3.29. The third-order valence-corrected chi connectivity index (χ3v) is 4.30. The molecule has 1 saturated carbocycles. The monoisotopic (exact) mass is 289 g/mol. The number of nitrogens with one attached hydrogen (secondary N) is 1. The molecule has 3 heteroatoms. The Hall–Kier alpha value is -1.09.